The lowest BCUT2D eigenvalue weighted by atomic mass is 9.84. The third-order valence-electron chi connectivity index (χ3n) is 5.31. The Morgan fingerprint density at radius 2 is 1.22 bits per heavy atom. The minimum atomic E-state index is -0.264. The number of benzene rings is 3. The zero-order valence-electron chi connectivity index (χ0n) is 15.4. The van der Waals surface area contributed by atoms with Crippen LogP contribution in [0.15, 0.2) is 91.0 Å². The number of nitrogens with zero attached hydrogens (tertiary/aromatic N) is 1. The Labute approximate surface area is 165 Å². The lowest BCUT2D eigenvalue weighted by Gasteiger charge is -2.37. The third-order valence-corrected chi connectivity index (χ3v) is 7.09. The van der Waals surface area contributed by atoms with Crippen LogP contribution in [0.4, 0.5) is 0 Å². The van der Waals surface area contributed by atoms with Gasteiger partial charge in [0.05, 0.1) is 11.5 Å². The van der Waals surface area contributed by atoms with Crippen LogP contribution in [0.5, 0.6) is 0 Å². The second-order valence-corrected chi connectivity index (χ2v) is 8.54. The van der Waals surface area contributed by atoms with E-state index in [-0.39, 0.29) is 11.5 Å². The van der Waals surface area contributed by atoms with E-state index in [9.17, 15) is 5.11 Å². The Bertz CT molecular complexity index is 741. The molecular formula is C24H25NOS. The molecule has 1 aliphatic rings. The summed E-state index contributed by atoms with van der Waals surface area (Å²) in [4.78, 5) is 2.13. The lowest BCUT2D eigenvalue weighted by Crippen LogP contribution is -2.30. The molecule has 1 saturated heterocycles. The molecule has 0 aromatic heterocycles. The van der Waals surface area contributed by atoms with Gasteiger partial charge in [-0.2, -0.15) is 0 Å². The van der Waals surface area contributed by atoms with Gasteiger partial charge in [-0.25, -0.2) is 0 Å². The predicted octanol–water partition coefficient (Wildman–Crippen LogP) is 4.74. The molecule has 1 fully saturated rings. The molecule has 1 N–H and O–H groups in total. The summed E-state index contributed by atoms with van der Waals surface area (Å²) in [6.07, 6.45) is 1.10. The highest BCUT2D eigenvalue weighted by Crippen LogP contribution is 2.51. The molecular weight excluding hydrogens is 350 g/mol. The average molecular weight is 376 g/mol. The largest absolute Gasteiger partial charge is 0.381 e. The summed E-state index contributed by atoms with van der Waals surface area (Å²) in [7, 11) is 0. The Hall–Kier alpha value is -2.07. The fourth-order valence-electron chi connectivity index (χ4n) is 3.99. The van der Waals surface area contributed by atoms with Crippen molar-refractivity contribution in [2.45, 2.75) is 16.4 Å². The highest BCUT2D eigenvalue weighted by Gasteiger charge is 2.40. The Kier molecular flexibility index (Phi) is 5.63. The smallest absolute Gasteiger partial charge is 0.0956 e. The normalized spacial score (nSPS) is 17.9. The van der Waals surface area contributed by atoms with Gasteiger partial charge in [-0.3, -0.25) is 4.90 Å². The predicted molar refractivity (Wildman–Crippen MR) is 114 cm³/mol. The minimum Gasteiger partial charge on any atom is -0.381 e. The van der Waals surface area contributed by atoms with Gasteiger partial charge in [0.25, 0.3) is 0 Å². The fourth-order valence-corrected chi connectivity index (χ4v) is 5.82. The van der Waals surface area contributed by atoms with Crippen LogP contribution in [0.25, 0.3) is 0 Å². The van der Waals surface area contributed by atoms with Crippen LogP contribution in [-0.4, -0.2) is 35.1 Å². The zero-order chi connectivity index (χ0) is 18.5. The summed E-state index contributed by atoms with van der Waals surface area (Å²) in [6.45, 7) is 2.03. The highest BCUT2D eigenvalue weighted by atomic mass is 32.2. The molecule has 1 aliphatic heterocycles. The summed E-state index contributed by atoms with van der Waals surface area (Å²) in [6, 6.07) is 32.5. The molecule has 3 aromatic carbocycles. The summed E-state index contributed by atoms with van der Waals surface area (Å²) >= 11 is 2.03. The molecule has 0 spiro atoms. The van der Waals surface area contributed by atoms with Gasteiger partial charge < -0.3 is 5.11 Å². The van der Waals surface area contributed by atoms with Crippen molar-refractivity contribution < 1.29 is 5.11 Å². The topological polar surface area (TPSA) is 23.5 Å². The first-order chi connectivity index (χ1) is 13.3. The van der Waals surface area contributed by atoms with Gasteiger partial charge in [0.15, 0.2) is 0 Å². The number of aliphatic hydroxyl groups is 1. The number of likely N-dealkylation sites (tertiary alicyclic amines) is 1. The van der Waals surface area contributed by atoms with Crippen molar-refractivity contribution in [2.75, 3.05) is 19.8 Å². The van der Waals surface area contributed by atoms with E-state index < -0.39 is 0 Å². The first-order valence-corrected chi connectivity index (χ1v) is 10.4. The Morgan fingerprint density at radius 1 is 0.778 bits per heavy atom. The molecule has 0 amide bonds. The maximum Gasteiger partial charge on any atom is 0.0956 e. The van der Waals surface area contributed by atoms with E-state index in [4.69, 9.17) is 0 Å². The number of aliphatic hydroxyl groups excluding tert-OH is 1. The summed E-state index contributed by atoms with van der Waals surface area (Å²) in [5, 5.41) is 10.0. The van der Waals surface area contributed by atoms with Gasteiger partial charge in [-0.1, -0.05) is 91.0 Å². The molecule has 0 bridgehead atoms. The number of thioether (sulfide) groups is 1. The first-order valence-electron chi connectivity index (χ1n) is 9.50. The van der Waals surface area contributed by atoms with Crippen molar-refractivity contribution in [3.8, 4) is 0 Å². The van der Waals surface area contributed by atoms with Crippen LogP contribution < -0.4 is 0 Å². The standard InChI is InChI=1S/C24H25NOS/c26-19-25-17-16-23(18-25)27-24(20-10-4-1-5-11-20,21-12-6-2-7-13-21)22-14-8-3-9-15-22/h1-15,23,26H,16-19H2. The lowest BCUT2D eigenvalue weighted by molar-refractivity contribution is 0.132. The van der Waals surface area contributed by atoms with E-state index in [0.717, 1.165) is 19.5 Å². The molecule has 1 unspecified atom stereocenters. The molecule has 0 radical (unpaired) electrons. The van der Waals surface area contributed by atoms with Crippen molar-refractivity contribution >= 4 is 11.8 Å². The molecule has 2 nitrogen and oxygen atoms in total. The van der Waals surface area contributed by atoms with Gasteiger partial charge in [0.2, 0.25) is 0 Å². The molecule has 27 heavy (non-hydrogen) atoms. The second kappa shape index (κ2) is 8.30. The molecule has 0 saturated carbocycles. The molecule has 3 aromatic rings. The van der Waals surface area contributed by atoms with Crippen molar-refractivity contribution in [3.05, 3.63) is 108 Å². The van der Waals surface area contributed by atoms with Crippen LogP contribution >= 0.6 is 11.8 Å². The molecule has 1 heterocycles. The summed E-state index contributed by atoms with van der Waals surface area (Å²) in [5.74, 6) is 0. The number of hydrogen-bond acceptors (Lipinski definition) is 3. The van der Waals surface area contributed by atoms with Crippen LogP contribution in [0.3, 0.4) is 0 Å². The SMILES string of the molecule is OCN1CCC(SC(c2ccccc2)(c2ccccc2)c2ccccc2)C1. The van der Waals surface area contributed by atoms with Crippen molar-refractivity contribution in [1.82, 2.24) is 4.90 Å². The molecule has 3 heteroatoms. The maximum absolute atomic E-state index is 9.55. The van der Waals surface area contributed by atoms with E-state index in [1.807, 2.05) is 11.8 Å². The summed E-state index contributed by atoms with van der Waals surface area (Å²) < 4.78 is -0.264. The van der Waals surface area contributed by atoms with E-state index in [0.29, 0.717) is 5.25 Å². The summed E-state index contributed by atoms with van der Waals surface area (Å²) in [5.41, 5.74) is 3.90. The van der Waals surface area contributed by atoms with E-state index >= 15 is 0 Å². The van der Waals surface area contributed by atoms with Crippen molar-refractivity contribution in [3.63, 3.8) is 0 Å². The highest BCUT2D eigenvalue weighted by molar-refractivity contribution is 8.01. The first kappa shape index (κ1) is 18.3. The zero-order valence-corrected chi connectivity index (χ0v) is 16.2. The monoisotopic (exact) mass is 375 g/mol. The third kappa shape index (κ3) is 3.68. The minimum absolute atomic E-state index is 0.145. The second-order valence-electron chi connectivity index (χ2n) is 7.03. The van der Waals surface area contributed by atoms with Crippen molar-refractivity contribution in [2.24, 2.45) is 0 Å². The number of rotatable bonds is 6. The van der Waals surface area contributed by atoms with Crippen molar-refractivity contribution in [1.29, 1.82) is 0 Å². The maximum atomic E-state index is 9.55. The van der Waals surface area contributed by atoms with Crippen LogP contribution in [0.1, 0.15) is 23.1 Å². The van der Waals surface area contributed by atoms with Gasteiger partial charge in [-0.05, 0) is 23.1 Å². The number of hydrogen-bond donors (Lipinski definition) is 1. The quantitative estimate of drug-likeness (QED) is 0.630. The molecule has 1 atom stereocenters. The van der Waals surface area contributed by atoms with Gasteiger partial charge in [0.1, 0.15) is 0 Å². The van der Waals surface area contributed by atoms with E-state index in [1.165, 1.54) is 16.7 Å². The Balaban J connectivity index is 1.87. The molecule has 138 valence electrons. The van der Waals surface area contributed by atoms with E-state index in [1.54, 1.807) is 0 Å². The van der Waals surface area contributed by atoms with Gasteiger partial charge in [0, 0.05) is 18.3 Å². The van der Waals surface area contributed by atoms with Gasteiger partial charge in [-0.15, -0.1) is 11.8 Å². The Morgan fingerprint density at radius 3 is 1.59 bits per heavy atom. The fraction of sp³-hybridized carbons (Fsp3) is 0.250. The van der Waals surface area contributed by atoms with E-state index in [2.05, 4.69) is 95.9 Å². The average Bonchev–Trinajstić information content (AvgIpc) is 3.21. The van der Waals surface area contributed by atoms with Gasteiger partial charge >= 0.3 is 0 Å². The van der Waals surface area contributed by atoms with Crippen LogP contribution in [0.2, 0.25) is 0 Å². The molecule has 4 rings (SSSR count). The van der Waals surface area contributed by atoms with Crippen LogP contribution in [-0.2, 0) is 4.75 Å². The molecule has 0 aliphatic carbocycles. The van der Waals surface area contributed by atoms with Crippen LogP contribution in [0, 0.1) is 0 Å².